The summed E-state index contributed by atoms with van der Waals surface area (Å²) in [5.41, 5.74) is 0. The molecular weight excluding hydrogens is 150 g/mol. The van der Waals surface area contributed by atoms with E-state index in [0.29, 0.717) is 6.04 Å². The minimum atomic E-state index is 0.528. The van der Waals surface area contributed by atoms with E-state index in [-0.39, 0.29) is 0 Å². The summed E-state index contributed by atoms with van der Waals surface area (Å²) >= 11 is 0. The molecule has 74 valence electrons. The molecule has 12 heavy (non-hydrogen) atoms. The van der Waals surface area contributed by atoms with Crippen LogP contribution in [0.25, 0.3) is 0 Å². The lowest BCUT2D eigenvalue weighted by Gasteiger charge is -2.19. The van der Waals surface area contributed by atoms with E-state index in [1.165, 1.54) is 12.8 Å². The Labute approximate surface area is 76.7 Å². The molecular formula is C10H23NO. The van der Waals surface area contributed by atoms with Gasteiger partial charge in [-0.15, -0.1) is 0 Å². The van der Waals surface area contributed by atoms with Gasteiger partial charge >= 0.3 is 0 Å². The van der Waals surface area contributed by atoms with Crippen LogP contribution in [0.5, 0.6) is 0 Å². The SMILES string of the molecule is CCOCC(CC(C)CC)NC. The highest BCUT2D eigenvalue weighted by Crippen LogP contribution is 2.09. The van der Waals surface area contributed by atoms with Gasteiger partial charge in [-0.3, -0.25) is 0 Å². The summed E-state index contributed by atoms with van der Waals surface area (Å²) in [6.45, 7) is 8.22. The van der Waals surface area contributed by atoms with E-state index in [1.807, 2.05) is 14.0 Å². The minimum Gasteiger partial charge on any atom is -0.380 e. The van der Waals surface area contributed by atoms with Crippen molar-refractivity contribution >= 4 is 0 Å². The number of hydrogen-bond donors (Lipinski definition) is 1. The summed E-state index contributed by atoms with van der Waals surface area (Å²) in [7, 11) is 2.01. The standard InChI is InChI=1S/C10H23NO/c1-5-9(3)7-10(11-4)8-12-6-2/h9-11H,5-8H2,1-4H3. The lowest BCUT2D eigenvalue weighted by Crippen LogP contribution is -2.32. The Bertz CT molecular complexity index is 95.8. The average Bonchev–Trinajstić information content (AvgIpc) is 2.11. The monoisotopic (exact) mass is 173 g/mol. The third kappa shape index (κ3) is 5.56. The molecule has 0 aromatic rings. The van der Waals surface area contributed by atoms with E-state index in [9.17, 15) is 0 Å². The highest BCUT2D eigenvalue weighted by atomic mass is 16.5. The van der Waals surface area contributed by atoms with Crippen LogP contribution in [-0.2, 0) is 4.74 Å². The van der Waals surface area contributed by atoms with Crippen LogP contribution in [0, 0.1) is 5.92 Å². The highest BCUT2D eigenvalue weighted by molar-refractivity contribution is 4.66. The van der Waals surface area contributed by atoms with Crippen molar-refractivity contribution in [2.75, 3.05) is 20.3 Å². The van der Waals surface area contributed by atoms with Gasteiger partial charge in [0.15, 0.2) is 0 Å². The van der Waals surface area contributed by atoms with E-state index < -0.39 is 0 Å². The molecule has 0 heterocycles. The van der Waals surface area contributed by atoms with E-state index in [2.05, 4.69) is 19.2 Å². The van der Waals surface area contributed by atoms with Crippen LogP contribution >= 0.6 is 0 Å². The largest absolute Gasteiger partial charge is 0.380 e. The zero-order chi connectivity index (χ0) is 9.40. The average molecular weight is 173 g/mol. The van der Waals surface area contributed by atoms with Gasteiger partial charge < -0.3 is 10.1 Å². The Morgan fingerprint density at radius 2 is 2.00 bits per heavy atom. The van der Waals surface area contributed by atoms with Crippen LogP contribution in [0.3, 0.4) is 0 Å². The fourth-order valence-corrected chi connectivity index (χ4v) is 1.18. The van der Waals surface area contributed by atoms with Crippen LogP contribution < -0.4 is 5.32 Å². The molecule has 0 saturated carbocycles. The maximum Gasteiger partial charge on any atom is 0.0619 e. The maximum absolute atomic E-state index is 5.37. The molecule has 0 amide bonds. The molecule has 2 unspecified atom stereocenters. The van der Waals surface area contributed by atoms with E-state index in [0.717, 1.165) is 19.1 Å². The third-order valence-electron chi connectivity index (χ3n) is 2.32. The summed E-state index contributed by atoms with van der Waals surface area (Å²) in [6.07, 6.45) is 2.47. The summed E-state index contributed by atoms with van der Waals surface area (Å²) in [5.74, 6) is 0.794. The first-order valence-corrected chi connectivity index (χ1v) is 4.99. The molecule has 0 saturated heterocycles. The fourth-order valence-electron chi connectivity index (χ4n) is 1.18. The molecule has 2 atom stereocenters. The van der Waals surface area contributed by atoms with Gasteiger partial charge in [-0.2, -0.15) is 0 Å². The fraction of sp³-hybridized carbons (Fsp3) is 1.00. The molecule has 0 rings (SSSR count). The molecule has 1 N–H and O–H groups in total. The molecule has 0 aromatic carbocycles. The second-order valence-corrected chi connectivity index (χ2v) is 3.39. The van der Waals surface area contributed by atoms with Crippen LogP contribution in [-0.4, -0.2) is 26.3 Å². The zero-order valence-corrected chi connectivity index (χ0v) is 8.89. The zero-order valence-electron chi connectivity index (χ0n) is 8.89. The Balaban J connectivity index is 3.51. The highest BCUT2D eigenvalue weighted by Gasteiger charge is 2.09. The molecule has 0 aromatic heterocycles. The minimum absolute atomic E-state index is 0.528. The second kappa shape index (κ2) is 7.56. The molecule has 2 heteroatoms. The Morgan fingerprint density at radius 1 is 1.33 bits per heavy atom. The van der Waals surface area contributed by atoms with Crippen molar-refractivity contribution in [3.05, 3.63) is 0 Å². The predicted octanol–water partition coefficient (Wildman–Crippen LogP) is 2.05. The van der Waals surface area contributed by atoms with E-state index in [1.54, 1.807) is 0 Å². The van der Waals surface area contributed by atoms with Gasteiger partial charge in [-0.1, -0.05) is 20.3 Å². The maximum atomic E-state index is 5.37. The van der Waals surface area contributed by atoms with Crippen molar-refractivity contribution in [2.45, 2.75) is 39.7 Å². The van der Waals surface area contributed by atoms with Crippen molar-refractivity contribution in [3.8, 4) is 0 Å². The van der Waals surface area contributed by atoms with Gasteiger partial charge in [0.25, 0.3) is 0 Å². The van der Waals surface area contributed by atoms with Gasteiger partial charge in [0.2, 0.25) is 0 Å². The van der Waals surface area contributed by atoms with E-state index >= 15 is 0 Å². The molecule has 0 radical (unpaired) electrons. The van der Waals surface area contributed by atoms with Crippen molar-refractivity contribution in [1.82, 2.24) is 5.32 Å². The quantitative estimate of drug-likeness (QED) is 0.636. The number of nitrogens with one attached hydrogen (secondary N) is 1. The molecule has 0 aliphatic heterocycles. The first-order chi connectivity index (χ1) is 5.74. The summed E-state index contributed by atoms with van der Waals surface area (Å²) in [5, 5.41) is 3.28. The van der Waals surface area contributed by atoms with Crippen molar-refractivity contribution in [3.63, 3.8) is 0 Å². The topological polar surface area (TPSA) is 21.3 Å². The van der Waals surface area contributed by atoms with Crippen LogP contribution in [0.1, 0.15) is 33.6 Å². The summed E-state index contributed by atoms with van der Waals surface area (Å²) in [6, 6.07) is 0.528. The van der Waals surface area contributed by atoms with Gasteiger partial charge in [-0.05, 0) is 26.3 Å². The molecule has 0 aliphatic rings. The Kier molecular flexibility index (Phi) is 7.51. The molecule has 2 nitrogen and oxygen atoms in total. The Hall–Kier alpha value is -0.0800. The van der Waals surface area contributed by atoms with Gasteiger partial charge in [0, 0.05) is 12.6 Å². The van der Waals surface area contributed by atoms with Crippen LogP contribution in [0.4, 0.5) is 0 Å². The molecule has 0 aliphatic carbocycles. The van der Waals surface area contributed by atoms with Crippen molar-refractivity contribution < 1.29 is 4.74 Å². The number of likely N-dealkylation sites (N-methyl/N-ethyl adjacent to an activating group) is 1. The van der Waals surface area contributed by atoms with E-state index in [4.69, 9.17) is 4.74 Å². The van der Waals surface area contributed by atoms with Crippen LogP contribution in [0.2, 0.25) is 0 Å². The molecule has 0 spiro atoms. The van der Waals surface area contributed by atoms with Gasteiger partial charge in [0.1, 0.15) is 0 Å². The predicted molar refractivity (Wildman–Crippen MR) is 53.4 cm³/mol. The van der Waals surface area contributed by atoms with Gasteiger partial charge in [-0.25, -0.2) is 0 Å². The van der Waals surface area contributed by atoms with Crippen LogP contribution in [0.15, 0.2) is 0 Å². The Morgan fingerprint density at radius 3 is 2.42 bits per heavy atom. The normalized spacial score (nSPS) is 16.0. The first-order valence-electron chi connectivity index (χ1n) is 4.99. The summed E-state index contributed by atoms with van der Waals surface area (Å²) < 4.78 is 5.37. The molecule has 0 bridgehead atoms. The van der Waals surface area contributed by atoms with Crippen molar-refractivity contribution in [1.29, 1.82) is 0 Å². The first kappa shape index (κ1) is 11.9. The molecule has 0 fully saturated rings. The number of hydrogen-bond acceptors (Lipinski definition) is 2. The lowest BCUT2D eigenvalue weighted by atomic mass is 10.00. The number of rotatable bonds is 7. The van der Waals surface area contributed by atoms with Gasteiger partial charge in [0.05, 0.1) is 6.61 Å². The third-order valence-corrected chi connectivity index (χ3v) is 2.32. The summed E-state index contributed by atoms with van der Waals surface area (Å²) in [4.78, 5) is 0. The lowest BCUT2D eigenvalue weighted by molar-refractivity contribution is 0.117. The number of ether oxygens (including phenoxy) is 1. The smallest absolute Gasteiger partial charge is 0.0619 e. The van der Waals surface area contributed by atoms with Crippen molar-refractivity contribution in [2.24, 2.45) is 5.92 Å². The second-order valence-electron chi connectivity index (χ2n) is 3.39.